The standard InChI is InChI=1S/C25H35N5O/c31-25(24-22-11-4-12-23(22)27-28-24)30(16-19-7-5-13-26-15-19)18-20-8-6-14-29(17-20)21-9-2-1-3-10-21/h5,7,13,15,20-21H,1-4,6,8-12,14,16-18H2,(H,27,28)/t20-/m1/s1. The third-order valence-electron chi connectivity index (χ3n) is 7.51. The lowest BCUT2D eigenvalue weighted by Crippen LogP contribution is -2.47. The van der Waals surface area contributed by atoms with E-state index in [2.05, 4.69) is 26.1 Å². The van der Waals surface area contributed by atoms with Crippen LogP contribution in [0.3, 0.4) is 0 Å². The Labute approximate surface area is 185 Å². The van der Waals surface area contributed by atoms with E-state index in [-0.39, 0.29) is 5.91 Å². The van der Waals surface area contributed by atoms with Crippen molar-refractivity contribution in [2.24, 2.45) is 5.92 Å². The lowest BCUT2D eigenvalue weighted by Gasteiger charge is -2.41. The number of hydrogen-bond donors (Lipinski definition) is 1. The van der Waals surface area contributed by atoms with Crippen LogP contribution in [0.1, 0.15) is 78.7 Å². The van der Waals surface area contributed by atoms with Crippen LogP contribution < -0.4 is 0 Å². The summed E-state index contributed by atoms with van der Waals surface area (Å²) in [6.07, 6.45) is 16.1. The number of aryl methyl sites for hydroxylation is 1. The van der Waals surface area contributed by atoms with Gasteiger partial charge in [-0.1, -0.05) is 25.3 Å². The fourth-order valence-corrected chi connectivity index (χ4v) is 5.91. The molecule has 166 valence electrons. The quantitative estimate of drug-likeness (QED) is 0.766. The zero-order valence-electron chi connectivity index (χ0n) is 18.6. The van der Waals surface area contributed by atoms with Crippen LogP contribution in [-0.2, 0) is 19.4 Å². The molecule has 2 aromatic rings. The van der Waals surface area contributed by atoms with Gasteiger partial charge in [0, 0.05) is 49.3 Å². The van der Waals surface area contributed by atoms with Crippen molar-refractivity contribution < 1.29 is 4.79 Å². The van der Waals surface area contributed by atoms with E-state index in [0.29, 0.717) is 18.2 Å². The van der Waals surface area contributed by atoms with E-state index in [1.165, 1.54) is 51.5 Å². The van der Waals surface area contributed by atoms with Crippen LogP contribution in [0.15, 0.2) is 24.5 Å². The Morgan fingerprint density at radius 3 is 2.87 bits per heavy atom. The van der Waals surface area contributed by atoms with Crippen molar-refractivity contribution in [3.05, 3.63) is 47.0 Å². The highest BCUT2D eigenvalue weighted by Crippen LogP contribution is 2.29. The molecule has 1 amide bonds. The summed E-state index contributed by atoms with van der Waals surface area (Å²) in [6, 6.07) is 4.78. The van der Waals surface area contributed by atoms with E-state index in [0.717, 1.165) is 55.2 Å². The number of carbonyl (C=O) groups excluding carboxylic acids is 1. The third kappa shape index (κ3) is 4.69. The number of rotatable bonds is 6. The average Bonchev–Trinajstić information content (AvgIpc) is 3.44. The van der Waals surface area contributed by atoms with Gasteiger partial charge in [0.1, 0.15) is 0 Å². The molecule has 31 heavy (non-hydrogen) atoms. The number of hydrogen-bond acceptors (Lipinski definition) is 4. The van der Waals surface area contributed by atoms with Crippen molar-refractivity contribution in [1.29, 1.82) is 0 Å². The number of nitrogens with one attached hydrogen (secondary N) is 1. The zero-order valence-corrected chi connectivity index (χ0v) is 18.6. The monoisotopic (exact) mass is 421 g/mol. The Kier molecular flexibility index (Phi) is 6.35. The first-order valence-electron chi connectivity index (χ1n) is 12.3. The largest absolute Gasteiger partial charge is 0.333 e. The van der Waals surface area contributed by atoms with E-state index in [1.807, 2.05) is 17.2 Å². The molecular weight excluding hydrogens is 386 g/mol. The van der Waals surface area contributed by atoms with Crippen molar-refractivity contribution >= 4 is 5.91 Å². The molecule has 2 aliphatic carbocycles. The summed E-state index contributed by atoms with van der Waals surface area (Å²) < 4.78 is 0. The lowest BCUT2D eigenvalue weighted by molar-refractivity contribution is 0.0578. The normalized spacial score (nSPS) is 22.4. The molecule has 5 rings (SSSR count). The van der Waals surface area contributed by atoms with Gasteiger partial charge < -0.3 is 9.80 Å². The van der Waals surface area contributed by atoms with Gasteiger partial charge in [0.2, 0.25) is 0 Å². The van der Waals surface area contributed by atoms with Crippen molar-refractivity contribution in [3.63, 3.8) is 0 Å². The van der Waals surface area contributed by atoms with Crippen molar-refractivity contribution in [3.8, 4) is 0 Å². The number of aromatic amines is 1. The topological polar surface area (TPSA) is 65.1 Å². The summed E-state index contributed by atoms with van der Waals surface area (Å²) in [5, 5.41) is 7.56. The summed E-state index contributed by atoms with van der Waals surface area (Å²) in [4.78, 5) is 22.7. The molecule has 1 saturated carbocycles. The van der Waals surface area contributed by atoms with Crippen molar-refractivity contribution in [2.75, 3.05) is 19.6 Å². The number of carbonyl (C=O) groups is 1. The summed E-state index contributed by atoms with van der Waals surface area (Å²) in [5.74, 6) is 0.612. The lowest BCUT2D eigenvalue weighted by atomic mass is 9.90. The van der Waals surface area contributed by atoms with Crippen molar-refractivity contribution in [2.45, 2.75) is 76.8 Å². The van der Waals surface area contributed by atoms with Gasteiger partial charge in [0.25, 0.3) is 5.91 Å². The Balaban J connectivity index is 1.32. The highest BCUT2D eigenvalue weighted by atomic mass is 16.2. The maximum Gasteiger partial charge on any atom is 0.274 e. The van der Waals surface area contributed by atoms with Crippen LogP contribution >= 0.6 is 0 Å². The first-order chi connectivity index (χ1) is 15.3. The minimum absolute atomic E-state index is 0.0815. The first kappa shape index (κ1) is 20.7. The van der Waals surface area contributed by atoms with Gasteiger partial charge in [-0.3, -0.25) is 14.9 Å². The minimum Gasteiger partial charge on any atom is -0.333 e. The van der Waals surface area contributed by atoms with Gasteiger partial charge in [-0.15, -0.1) is 0 Å². The van der Waals surface area contributed by atoms with E-state index in [4.69, 9.17) is 0 Å². The highest BCUT2D eigenvalue weighted by molar-refractivity contribution is 5.94. The molecule has 6 heteroatoms. The molecule has 2 fully saturated rings. The second-order valence-corrected chi connectivity index (χ2v) is 9.72. The summed E-state index contributed by atoms with van der Waals surface area (Å²) >= 11 is 0. The molecule has 0 spiro atoms. The molecule has 6 nitrogen and oxygen atoms in total. The molecule has 0 unspecified atom stereocenters. The second kappa shape index (κ2) is 9.51. The Morgan fingerprint density at radius 1 is 1.13 bits per heavy atom. The number of H-pyrrole nitrogens is 1. The number of fused-ring (bicyclic) bond motifs is 1. The highest BCUT2D eigenvalue weighted by Gasteiger charge is 2.31. The van der Waals surface area contributed by atoms with Crippen molar-refractivity contribution in [1.82, 2.24) is 25.0 Å². The summed E-state index contributed by atoms with van der Waals surface area (Å²) in [6.45, 7) is 3.76. The van der Waals surface area contributed by atoms with Crippen LogP contribution in [0.25, 0.3) is 0 Å². The zero-order chi connectivity index (χ0) is 21.0. The van der Waals surface area contributed by atoms with Gasteiger partial charge in [0.05, 0.1) is 0 Å². The number of amides is 1. The van der Waals surface area contributed by atoms with Crippen LogP contribution in [0.5, 0.6) is 0 Å². The average molecular weight is 422 g/mol. The van der Waals surface area contributed by atoms with Gasteiger partial charge >= 0.3 is 0 Å². The number of piperidine rings is 1. The van der Waals surface area contributed by atoms with Crippen LogP contribution in [0, 0.1) is 5.92 Å². The fourth-order valence-electron chi connectivity index (χ4n) is 5.91. The van der Waals surface area contributed by atoms with Gasteiger partial charge in [-0.05, 0) is 69.0 Å². The third-order valence-corrected chi connectivity index (χ3v) is 7.51. The molecular formula is C25H35N5O. The number of pyridine rings is 1. The van der Waals surface area contributed by atoms with Gasteiger partial charge in [-0.25, -0.2) is 0 Å². The molecule has 1 aliphatic heterocycles. The minimum atomic E-state index is 0.0815. The molecule has 3 aliphatic rings. The van der Waals surface area contributed by atoms with Crippen LogP contribution in [0.2, 0.25) is 0 Å². The number of aromatic nitrogens is 3. The summed E-state index contributed by atoms with van der Waals surface area (Å²) in [7, 11) is 0. The molecule has 0 aromatic carbocycles. The van der Waals surface area contributed by atoms with Crippen LogP contribution in [-0.4, -0.2) is 56.6 Å². The predicted octanol–water partition coefficient (Wildman–Crippen LogP) is 3.98. The van der Waals surface area contributed by atoms with Gasteiger partial charge in [-0.2, -0.15) is 5.10 Å². The Morgan fingerprint density at radius 2 is 2.03 bits per heavy atom. The molecule has 2 aromatic heterocycles. The smallest absolute Gasteiger partial charge is 0.274 e. The van der Waals surface area contributed by atoms with E-state index in [1.54, 1.807) is 6.20 Å². The predicted molar refractivity (Wildman–Crippen MR) is 121 cm³/mol. The molecule has 0 radical (unpaired) electrons. The SMILES string of the molecule is O=C(c1n[nH]c2c1CCC2)N(Cc1cccnc1)C[C@@H]1CCCN(C2CCCCC2)C1. The van der Waals surface area contributed by atoms with Gasteiger partial charge in [0.15, 0.2) is 5.69 Å². The van der Waals surface area contributed by atoms with E-state index >= 15 is 0 Å². The number of nitrogens with zero attached hydrogens (tertiary/aromatic N) is 4. The molecule has 3 heterocycles. The first-order valence-corrected chi connectivity index (χ1v) is 12.3. The fraction of sp³-hybridized carbons (Fsp3) is 0.640. The second-order valence-electron chi connectivity index (χ2n) is 9.72. The maximum atomic E-state index is 13.6. The Bertz CT molecular complexity index is 873. The van der Waals surface area contributed by atoms with E-state index < -0.39 is 0 Å². The molecule has 1 N–H and O–H groups in total. The summed E-state index contributed by atoms with van der Waals surface area (Å²) in [5.41, 5.74) is 4.04. The Hall–Kier alpha value is -2.21. The molecule has 1 atom stereocenters. The maximum absolute atomic E-state index is 13.6. The molecule has 1 saturated heterocycles. The number of likely N-dealkylation sites (tertiary alicyclic amines) is 1. The van der Waals surface area contributed by atoms with Crippen LogP contribution in [0.4, 0.5) is 0 Å². The molecule has 0 bridgehead atoms. The van der Waals surface area contributed by atoms with E-state index in [9.17, 15) is 4.79 Å².